The molecule has 1 unspecified atom stereocenters. The van der Waals surface area contributed by atoms with Crippen LogP contribution < -0.4 is 14.8 Å². The first-order valence-corrected chi connectivity index (χ1v) is 6.12. The average Bonchev–Trinajstić information content (AvgIpc) is 2.29. The van der Waals surface area contributed by atoms with Crippen molar-refractivity contribution in [2.24, 2.45) is 0 Å². The number of halogens is 1. The second-order valence-corrected chi connectivity index (χ2v) is 4.89. The number of nitrogens with one attached hydrogen (secondary N) is 1. The molecule has 0 spiro atoms. The van der Waals surface area contributed by atoms with E-state index in [4.69, 9.17) is 9.47 Å². The minimum absolute atomic E-state index is 0.502. The molecule has 1 heterocycles. The van der Waals surface area contributed by atoms with Gasteiger partial charge >= 0.3 is 0 Å². The predicted molar refractivity (Wildman–Crippen MR) is 67.3 cm³/mol. The molecule has 0 fully saturated rings. The van der Waals surface area contributed by atoms with E-state index in [0.717, 1.165) is 28.9 Å². The van der Waals surface area contributed by atoms with Gasteiger partial charge in [-0.15, -0.1) is 0 Å². The number of hydrogen-bond acceptors (Lipinski definition) is 3. The van der Waals surface area contributed by atoms with Gasteiger partial charge in [-0.2, -0.15) is 0 Å². The molecule has 1 aliphatic rings. The molecule has 3 nitrogen and oxygen atoms in total. The summed E-state index contributed by atoms with van der Waals surface area (Å²) in [4.78, 5) is 0. The van der Waals surface area contributed by atoms with Crippen molar-refractivity contribution >= 4 is 15.9 Å². The van der Waals surface area contributed by atoms with Crippen molar-refractivity contribution in [3.8, 4) is 11.5 Å². The molecule has 1 N–H and O–H groups in total. The van der Waals surface area contributed by atoms with E-state index in [-0.39, 0.29) is 0 Å². The first kappa shape index (κ1) is 11.7. The van der Waals surface area contributed by atoms with Gasteiger partial charge in [0.25, 0.3) is 0 Å². The highest BCUT2D eigenvalue weighted by Crippen LogP contribution is 2.40. The van der Waals surface area contributed by atoms with Crippen molar-refractivity contribution in [3.63, 3.8) is 0 Å². The van der Waals surface area contributed by atoms with Crippen LogP contribution in [0.5, 0.6) is 11.5 Å². The lowest BCUT2D eigenvalue weighted by molar-refractivity contribution is 0.346. The van der Waals surface area contributed by atoms with Crippen LogP contribution in [0, 0.1) is 0 Å². The molecule has 0 amide bonds. The summed E-state index contributed by atoms with van der Waals surface area (Å²) in [6.07, 6.45) is 1.01. The van der Waals surface area contributed by atoms with Crippen molar-refractivity contribution in [1.82, 2.24) is 5.32 Å². The van der Waals surface area contributed by atoms with E-state index in [1.807, 2.05) is 6.07 Å². The van der Waals surface area contributed by atoms with Gasteiger partial charge in [0, 0.05) is 22.6 Å². The number of hydrogen-bond donors (Lipinski definition) is 1. The maximum atomic E-state index is 5.44. The molecule has 0 saturated heterocycles. The van der Waals surface area contributed by atoms with Crippen LogP contribution in [-0.2, 0) is 13.0 Å². The van der Waals surface area contributed by atoms with Crippen LogP contribution in [0.4, 0.5) is 0 Å². The van der Waals surface area contributed by atoms with Gasteiger partial charge in [0.05, 0.1) is 14.2 Å². The first-order chi connectivity index (χ1) is 7.67. The molecular weight excluding hydrogens is 270 g/mol. The zero-order chi connectivity index (χ0) is 11.7. The van der Waals surface area contributed by atoms with Gasteiger partial charge in [-0.1, -0.05) is 15.9 Å². The lowest BCUT2D eigenvalue weighted by atomic mass is 9.95. The van der Waals surface area contributed by atoms with Gasteiger partial charge in [0.15, 0.2) is 11.5 Å². The minimum atomic E-state index is 0.502. The van der Waals surface area contributed by atoms with E-state index < -0.39 is 0 Å². The topological polar surface area (TPSA) is 30.5 Å². The SMILES string of the molecule is COc1cc(Br)c2c(c1OC)CNC(C)C2. The highest BCUT2D eigenvalue weighted by atomic mass is 79.9. The highest BCUT2D eigenvalue weighted by molar-refractivity contribution is 9.10. The summed E-state index contributed by atoms with van der Waals surface area (Å²) in [7, 11) is 3.35. The van der Waals surface area contributed by atoms with Crippen LogP contribution in [0.3, 0.4) is 0 Å². The molecule has 1 aliphatic heterocycles. The lowest BCUT2D eigenvalue weighted by Gasteiger charge is -2.26. The normalized spacial score (nSPS) is 19.1. The molecule has 88 valence electrons. The van der Waals surface area contributed by atoms with E-state index in [1.54, 1.807) is 14.2 Å². The van der Waals surface area contributed by atoms with Gasteiger partial charge < -0.3 is 14.8 Å². The Bertz CT molecular complexity index is 406. The van der Waals surface area contributed by atoms with Crippen molar-refractivity contribution in [1.29, 1.82) is 0 Å². The molecule has 4 heteroatoms. The summed E-state index contributed by atoms with van der Waals surface area (Å²) in [5.74, 6) is 1.63. The Balaban J connectivity index is 2.56. The summed E-state index contributed by atoms with van der Waals surface area (Å²) >= 11 is 3.60. The standard InChI is InChI=1S/C12H16BrNO2/c1-7-4-8-9(6-14-7)12(16-3)11(15-2)5-10(8)13/h5,7,14H,4,6H2,1-3H3. The fourth-order valence-corrected chi connectivity index (χ4v) is 2.74. The Morgan fingerprint density at radius 2 is 2.06 bits per heavy atom. The molecule has 0 aromatic heterocycles. The van der Waals surface area contributed by atoms with Crippen LogP contribution in [-0.4, -0.2) is 20.3 Å². The molecular formula is C12H16BrNO2. The third-order valence-electron chi connectivity index (χ3n) is 2.97. The van der Waals surface area contributed by atoms with Crippen molar-refractivity contribution in [2.45, 2.75) is 25.9 Å². The maximum Gasteiger partial charge on any atom is 0.165 e. The molecule has 0 aliphatic carbocycles. The Labute approximate surface area is 104 Å². The zero-order valence-electron chi connectivity index (χ0n) is 9.76. The van der Waals surface area contributed by atoms with Crippen LogP contribution in [0.1, 0.15) is 18.1 Å². The quantitative estimate of drug-likeness (QED) is 0.906. The third-order valence-corrected chi connectivity index (χ3v) is 3.68. The van der Waals surface area contributed by atoms with Gasteiger partial charge in [-0.25, -0.2) is 0 Å². The summed E-state index contributed by atoms with van der Waals surface area (Å²) < 4.78 is 11.9. The number of ether oxygens (including phenoxy) is 2. The molecule has 0 radical (unpaired) electrons. The van der Waals surface area contributed by atoms with E-state index >= 15 is 0 Å². The number of rotatable bonds is 2. The Hall–Kier alpha value is -0.740. The summed E-state index contributed by atoms with van der Waals surface area (Å²) in [6, 6.07) is 2.48. The predicted octanol–water partition coefficient (Wildman–Crippen LogP) is 2.50. The molecule has 1 aromatic carbocycles. The molecule has 2 rings (SSSR count). The fraction of sp³-hybridized carbons (Fsp3) is 0.500. The smallest absolute Gasteiger partial charge is 0.165 e. The Morgan fingerprint density at radius 1 is 1.31 bits per heavy atom. The number of methoxy groups -OCH3 is 2. The van der Waals surface area contributed by atoms with Crippen molar-refractivity contribution in [3.05, 3.63) is 21.7 Å². The average molecular weight is 286 g/mol. The maximum absolute atomic E-state index is 5.44. The lowest BCUT2D eigenvalue weighted by Crippen LogP contribution is -2.33. The molecule has 0 saturated carbocycles. The molecule has 1 aromatic rings. The summed E-state index contributed by atoms with van der Waals surface area (Å²) in [6.45, 7) is 3.02. The van der Waals surface area contributed by atoms with Crippen LogP contribution in [0.15, 0.2) is 10.5 Å². The first-order valence-electron chi connectivity index (χ1n) is 5.33. The monoisotopic (exact) mass is 285 g/mol. The zero-order valence-corrected chi connectivity index (χ0v) is 11.3. The number of fused-ring (bicyclic) bond motifs is 1. The van der Waals surface area contributed by atoms with Gasteiger partial charge in [0.1, 0.15) is 0 Å². The fourth-order valence-electron chi connectivity index (χ4n) is 2.14. The summed E-state index contributed by atoms with van der Waals surface area (Å²) in [5.41, 5.74) is 2.52. The van der Waals surface area contributed by atoms with Crippen molar-refractivity contribution < 1.29 is 9.47 Å². The highest BCUT2D eigenvalue weighted by Gasteiger charge is 2.23. The second kappa shape index (κ2) is 4.63. The van der Waals surface area contributed by atoms with Crippen LogP contribution >= 0.6 is 15.9 Å². The van der Waals surface area contributed by atoms with Crippen molar-refractivity contribution in [2.75, 3.05) is 14.2 Å². The Kier molecular flexibility index (Phi) is 3.40. The van der Waals surface area contributed by atoms with Gasteiger partial charge in [0.2, 0.25) is 0 Å². The molecule has 0 bridgehead atoms. The van der Waals surface area contributed by atoms with Gasteiger partial charge in [-0.3, -0.25) is 0 Å². The van der Waals surface area contributed by atoms with Crippen LogP contribution in [0.25, 0.3) is 0 Å². The summed E-state index contributed by atoms with van der Waals surface area (Å²) in [5, 5.41) is 3.44. The minimum Gasteiger partial charge on any atom is -0.493 e. The van der Waals surface area contributed by atoms with Crippen LogP contribution in [0.2, 0.25) is 0 Å². The second-order valence-electron chi connectivity index (χ2n) is 4.04. The number of benzene rings is 1. The van der Waals surface area contributed by atoms with Gasteiger partial charge in [-0.05, 0) is 25.0 Å². The largest absolute Gasteiger partial charge is 0.493 e. The van der Waals surface area contributed by atoms with E-state index in [9.17, 15) is 0 Å². The van der Waals surface area contributed by atoms with E-state index in [0.29, 0.717) is 6.04 Å². The Morgan fingerprint density at radius 3 is 2.69 bits per heavy atom. The third kappa shape index (κ3) is 1.92. The van der Waals surface area contributed by atoms with E-state index in [2.05, 4.69) is 28.2 Å². The molecule has 16 heavy (non-hydrogen) atoms. The van der Waals surface area contributed by atoms with E-state index in [1.165, 1.54) is 11.1 Å². The molecule has 1 atom stereocenters.